The molecule has 102 valence electrons. The SMILES string of the molecule is Cc1nnc(Oc2ccccc2CCO)c(C#N)c1C. The second-order valence-corrected chi connectivity index (χ2v) is 4.39. The van der Waals surface area contributed by atoms with Gasteiger partial charge in [-0.3, -0.25) is 0 Å². The van der Waals surface area contributed by atoms with Gasteiger partial charge >= 0.3 is 0 Å². The fourth-order valence-electron chi connectivity index (χ4n) is 1.82. The molecule has 2 rings (SSSR count). The fourth-order valence-corrected chi connectivity index (χ4v) is 1.82. The first kappa shape index (κ1) is 14.0. The van der Waals surface area contributed by atoms with E-state index in [1.54, 1.807) is 13.0 Å². The number of benzene rings is 1. The number of aliphatic hydroxyl groups excluding tert-OH is 1. The van der Waals surface area contributed by atoms with Crippen LogP contribution in [0.15, 0.2) is 24.3 Å². The molecule has 0 aliphatic rings. The predicted molar refractivity (Wildman–Crippen MR) is 73.5 cm³/mol. The fraction of sp³-hybridized carbons (Fsp3) is 0.267. The Bertz CT molecular complexity index is 663. The maximum Gasteiger partial charge on any atom is 0.257 e. The van der Waals surface area contributed by atoms with E-state index in [2.05, 4.69) is 16.3 Å². The van der Waals surface area contributed by atoms with E-state index >= 15 is 0 Å². The number of nitriles is 1. The summed E-state index contributed by atoms with van der Waals surface area (Å²) in [6.45, 7) is 3.64. The van der Waals surface area contributed by atoms with Crippen LogP contribution in [0, 0.1) is 25.2 Å². The zero-order chi connectivity index (χ0) is 14.5. The maximum atomic E-state index is 9.24. The Labute approximate surface area is 117 Å². The van der Waals surface area contributed by atoms with Crippen LogP contribution in [-0.4, -0.2) is 21.9 Å². The monoisotopic (exact) mass is 269 g/mol. The Hall–Kier alpha value is -2.45. The van der Waals surface area contributed by atoms with Crippen molar-refractivity contribution in [1.29, 1.82) is 5.26 Å². The van der Waals surface area contributed by atoms with Gasteiger partial charge in [0.25, 0.3) is 5.88 Å². The van der Waals surface area contributed by atoms with Crippen molar-refractivity contribution in [3.8, 4) is 17.7 Å². The van der Waals surface area contributed by atoms with Gasteiger partial charge in [0.15, 0.2) is 0 Å². The average molecular weight is 269 g/mol. The molecule has 0 atom stereocenters. The van der Waals surface area contributed by atoms with Crippen molar-refractivity contribution in [3.05, 3.63) is 46.6 Å². The summed E-state index contributed by atoms with van der Waals surface area (Å²) in [4.78, 5) is 0. The lowest BCUT2D eigenvalue weighted by Gasteiger charge is -2.11. The zero-order valence-electron chi connectivity index (χ0n) is 11.4. The highest BCUT2D eigenvalue weighted by molar-refractivity contribution is 5.47. The number of para-hydroxylation sites is 1. The third kappa shape index (κ3) is 2.76. The van der Waals surface area contributed by atoms with Crippen molar-refractivity contribution in [2.75, 3.05) is 6.61 Å². The van der Waals surface area contributed by atoms with Gasteiger partial charge in [-0.2, -0.15) is 10.4 Å². The van der Waals surface area contributed by atoms with Gasteiger partial charge in [-0.05, 0) is 37.5 Å². The van der Waals surface area contributed by atoms with Crippen LogP contribution in [0.4, 0.5) is 0 Å². The van der Waals surface area contributed by atoms with Gasteiger partial charge in [-0.15, -0.1) is 5.10 Å². The topological polar surface area (TPSA) is 79.0 Å². The molecule has 0 unspecified atom stereocenters. The Morgan fingerprint density at radius 3 is 2.70 bits per heavy atom. The second kappa shape index (κ2) is 6.13. The molecule has 2 aromatic rings. The van der Waals surface area contributed by atoms with E-state index in [4.69, 9.17) is 9.84 Å². The third-order valence-electron chi connectivity index (χ3n) is 3.09. The molecular weight excluding hydrogens is 254 g/mol. The molecule has 0 saturated carbocycles. The average Bonchev–Trinajstić information content (AvgIpc) is 2.45. The largest absolute Gasteiger partial charge is 0.436 e. The van der Waals surface area contributed by atoms with Gasteiger partial charge in [-0.1, -0.05) is 18.2 Å². The summed E-state index contributed by atoms with van der Waals surface area (Å²) in [6, 6.07) is 9.45. The van der Waals surface area contributed by atoms with Crippen molar-refractivity contribution in [3.63, 3.8) is 0 Å². The molecule has 0 saturated heterocycles. The van der Waals surface area contributed by atoms with Crippen LogP contribution in [0.5, 0.6) is 11.6 Å². The summed E-state index contributed by atoms with van der Waals surface area (Å²) < 4.78 is 5.71. The quantitative estimate of drug-likeness (QED) is 0.921. The number of ether oxygens (including phenoxy) is 1. The van der Waals surface area contributed by atoms with Gasteiger partial charge in [0.05, 0.1) is 5.69 Å². The smallest absolute Gasteiger partial charge is 0.257 e. The first-order valence-electron chi connectivity index (χ1n) is 6.28. The van der Waals surface area contributed by atoms with Gasteiger partial charge in [0.2, 0.25) is 0 Å². The van der Waals surface area contributed by atoms with E-state index in [1.807, 2.05) is 25.1 Å². The van der Waals surface area contributed by atoms with Gasteiger partial charge in [-0.25, -0.2) is 0 Å². The molecule has 0 aliphatic heterocycles. The Kier molecular flexibility index (Phi) is 4.28. The predicted octanol–water partition coefficient (Wildman–Crippen LogP) is 2.29. The van der Waals surface area contributed by atoms with Crippen LogP contribution >= 0.6 is 0 Å². The molecule has 1 heterocycles. The molecule has 5 heteroatoms. The summed E-state index contributed by atoms with van der Waals surface area (Å²) in [7, 11) is 0. The molecule has 0 spiro atoms. The summed E-state index contributed by atoms with van der Waals surface area (Å²) in [5.41, 5.74) is 2.71. The lowest BCUT2D eigenvalue weighted by molar-refractivity contribution is 0.297. The van der Waals surface area contributed by atoms with Crippen molar-refractivity contribution in [2.24, 2.45) is 0 Å². The second-order valence-electron chi connectivity index (χ2n) is 4.39. The highest BCUT2D eigenvalue weighted by Gasteiger charge is 2.14. The van der Waals surface area contributed by atoms with Crippen LogP contribution < -0.4 is 4.74 Å². The third-order valence-corrected chi connectivity index (χ3v) is 3.09. The van der Waals surface area contributed by atoms with Gasteiger partial charge in [0, 0.05) is 6.61 Å². The summed E-state index contributed by atoms with van der Waals surface area (Å²) >= 11 is 0. The van der Waals surface area contributed by atoms with E-state index in [1.165, 1.54) is 0 Å². The highest BCUT2D eigenvalue weighted by atomic mass is 16.5. The van der Waals surface area contributed by atoms with Gasteiger partial charge in [0.1, 0.15) is 17.4 Å². The van der Waals surface area contributed by atoms with Crippen molar-refractivity contribution in [1.82, 2.24) is 10.2 Å². The lowest BCUT2D eigenvalue weighted by atomic mass is 10.1. The van der Waals surface area contributed by atoms with Gasteiger partial charge < -0.3 is 9.84 Å². The van der Waals surface area contributed by atoms with Crippen LogP contribution in [0.1, 0.15) is 22.4 Å². The first-order valence-corrected chi connectivity index (χ1v) is 6.28. The molecule has 1 N–H and O–H groups in total. The van der Waals surface area contributed by atoms with Crippen molar-refractivity contribution >= 4 is 0 Å². The van der Waals surface area contributed by atoms with Crippen LogP contribution in [0.3, 0.4) is 0 Å². The molecule has 0 fully saturated rings. The molecule has 0 radical (unpaired) electrons. The van der Waals surface area contributed by atoms with Crippen LogP contribution in [-0.2, 0) is 6.42 Å². The number of aromatic nitrogens is 2. The molecule has 0 bridgehead atoms. The Balaban J connectivity index is 2.41. The van der Waals surface area contributed by atoms with E-state index in [9.17, 15) is 5.26 Å². The molecule has 1 aromatic carbocycles. The number of aryl methyl sites for hydroxylation is 1. The Morgan fingerprint density at radius 1 is 1.25 bits per heavy atom. The number of hydrogen-bond donors (Lipinski definition) is 1. The molecular formula is C15H15N3O2. The zero-order valence-corrected chi connectivity index (χ0v) is 11.4. The molecule has 0 amide bonds. The first-order chi connectivity index (χ1) is 9.67. The minimum atomic E-state index is 0.0318. The minimum absolute atomic E-state index is 0.0318. The van der Waals surface area contributed by atoms with Crippen LogP contribution in [0.2, 0.25) is 0 Å². The number of nitrogens with zero attached hydrogens (tertiary/aromatic N) is 3. The van der Waals surface area contributed by atoms with E-state index in [0.29, 0.717) is 23.4 Å². The molecule has 0 aliphatic carbocycles. The summed E-state index contributed by atoms with van der Waals surface area (Å²) in [5, 5.41) is 26.2. The highest BCUT2D eigenvalue weighted by Crippen LogP contribution is 2.28. The van der Waals surface area contributed by atoms with Crippen molar-refractivity contribution < 1.29 is 9.84 Å². The normalized spacial score (nSPS) is 10.1. The number of hydrogen-bond acceptors (Lipinski definition) is 5. The lowest BCUT2D eigenvalue weighted by Crippen LogP contribution is -2.02. The number of rotatable bonds is 4. The number of aliphatic hydroxyl groups is 1. The minimum Gasteiger partial charge on any atom is -0.436 e. The maximum absolute atomic E-state index is 9.24. The Morgan fingerprint density at radius 2 is 2.00 bits per heavy atom. The summed E-state index contributed by atoms with van der Waals surface area (Å²) in [6.07, 6.45) is 0.482. The molecule has 1 aromatic heterocycles. The van der Waals surface area contributed by atoms with E-state index in [-0.39, 0.29) is 12.5 Å². The van der Waals surface area contributed by atoms with E-state index < -0.39 is 0 Å². The standard InChI is InChI=1S/C15H15N3O2/c1-10-11(2)17-18-15(13(10)9-16)20-14-6-4-3-5-12(14)7-8-19/h3-6,19H,7-8H2,1-2H3. The molecule has 5 nitrogen and oxygen atoms in total. The molecule has 20 heavy (non-hydrogen) atoms. The van der Waals surface area contributed by atoms with Crippen LogP contribution in [0.25, 0.3) is 0 Å². The van der Waals surface area contributed by atoms with Crippen molar-refractivity contribution in [2.45, 2.75) is 20.3 Å². The summed E-state index contributed by atoms with van der Waals surface area (Å²) in [5.74, 6) is 0.775. The van der Waals surface area contributed by atoms with E-state index in [0.717, 1.165) is 11.1 Å².